The van der Waals surface area contributed by atoms with Gasteiger partial charge < -0.3 is 10.2 Å². The van der Waals surface area contributed by atoms with Gasteiger partial charge >= 0.3 is 0 Å². The summed E-state index contributed by atoms with van der Waals surface area (Å²) in [6, 6.07) is 0. The van der Waals surface area contributed by atoms with Crippen molar-refractivity contribution in [1.82, 2.24) is 0 Å². The molecule has 2 nitrogen and oxygen atoms in total. The molecule has 1 unspecified atom stereocenters. The molecule has 0 fully saturated rings. The number of hydrogen-bond acceptors (Lipinski definition) is 2. The Balaban J connectivity index is 0. The molecule has 8 heavy (non-hydrogen) atoms. The van der Waals surface area contributed by atoms with E-state index in [0.717, 1.165) is 20.0 Å². The smallest absolute Gasteiger partial charge is 0.0512 e. The lowest BCUT2D eigenvalue weighted by Crippen LogP contribution is -1.95. The Morgan fingerprint density at radius 3 is 1.75 bits per heavy atom. The first-order valence-electron chi connectivity index (χ1n) is 2.90. The number of aliphatic hydroxyl groups is 2. The standard InChI is InChI=1S/C5H12O.CH4O/c1-3-4-5(2)6;1-2/h5-6H,3-4H2,1-2H3;2H,1H3. The molecule has 0 aromatic heterocycles. The minimum Gasteiger partial charge on any atom is -0.400 e. The van der Waals surface area contributed by atoms with Crippen molar-refractivity contribution in [3.63, 3.8) is 0 Å². The molecule has 0 amide bonds. The van der Waals surface area contributed by atoms with Gasteiger partial charge in [-0.25, -0.2) is 0 Å². The quantitative estimate of drug-likeness (QED) is 0.565. The molecule has 52 valence electrons. The van der Waals surface area contributed by atoms with Gasteiger partial charge in [-0.05, 0) is 13.3 Å². The first kappa shape index (κ1) is 10.8. The summed E-state index contributed by atoms with van der Waals surface area (Å²) >= 11 is 0. The van der Waals surface area contributed by atoms with Gasteiger partial charge in [-0.1, -0.05) is 13.3 Å². The molecular formula is C6H16O2. The van der Waals surface area contributed by atoms with Gasteiger partial charge in [0.1, 0.15) is 0 Å². The normalized spacial score (nSPS) is 11.6. The molecule has 0 bridgehead atoms. The molecule has 0 heterocycles. The minimum absolute atomic E-state index is 0.102. The molecule has 2 heteroatoms. The molecular weight excluding hydrogens is 104 g/mol. The van der Waals surface area contributed by atoms with E-state index in [2.05, 4.69) is 6.92 Å². The second kappa shape index (κ2) is 10.0. The number of hydrogen-bond donors (Lipinski definition) is 2. The third kappa shape index (κ3) is 16.8. The molecule has 0 aromatic rings. The second-order valence-electron chi connectivity index (χ2n) is 1.64. The van der Waals surface area contributed by atoms with Crippen LogP contribution in [0.3, 0.4) is 0 Å². The molecule has 0 rings (SSSR count). The largest absolute Gasteiger partial charge is 0.400 e. The Bertz CT molecular complexity index is 27.7. The van der Waals surface area contributed by atoms with Gasteiger partial charge in [-0.3, -0.25) is 0 Å². The van der Waals surface area contributed by atoms with E-state index >= 15 is 0 Å². The van der Waals surface area contributed by atoms with Gasteiger partial charge in [0.25, 0.3) is 0 Å². The van der Waals surface area contributed by atoms with Crippen LogP contribution in [0.15, 0.2) is 0 Å². The molecule has 0 aromatic carbocycles. The first-order chi connectivity index (χ1) is 3.77. The van der Waals surface area contributed by atoms with Crippen molar-refractivity contribution in [2.24, 2.45) is 0 Å². The van der Waals surface area contributed by atoms with E-state index in [4.69, 9.17) is 10.2 Å². The molecule has 2 N–H and O–H groups in total. The van der Waals surface area contributed by atoms with Gasteiger partial charge in [0.05, 0.1) is 6.10 Å². The molecule has 0 saturated heterocycles. The van der Waals surface area contributed by atoms with Crippen molar-refractivity contribution >= 4 is 0 Å². The van der Waals surface area contributed by atoms with Crippen LogP contribution in [0, 0.1) is 0 Å². The highest BCUT2D eigenvalue weighted by Gasteiger charge is 1.87. The lowest BCUT2D eigenvalue weighted by Gasteiger charge is -1.95. The Hall–Kier alpha value is -0.0800. The zero-order valence-corrected chi connectivity index (χ0v) is 5.89. The maximum atomic E-state index is 8.55. The van der Waals surface area contributed by atoms with Crippen molar-refractivity contribution in [2.45, 2.75) is 32.8 Å². The Morgan fingerprint density at radius 1 is 1.38 bits per heavy atom. The van der Waals surface area contributed by atoms with E-state index in [-0.39, 0.29) is 6.10 Å². The zero-order chi connectivity index (χ0) is 6.99. The van der Waals surface area contributed by atoms with Crippen LogP contribution < -0.4 is 0 Å². The van der Waals surface area contributed by atoms with E-state index in [1.807, 2.05) is 6.92 Å². The number of rotatable bonds is 2. The fourth-order valence-electron chi connectivity index (χ4n) is 0.418. The monoisotopic (exact) mass is 120 g/mol. The predicted octanol–water partition coefficient (Wildman–Crippen LogP) is 0.776. The van der Waals surface area contributed by atoms with E-state index in [1.54, 1.807) is 0 Å². The molecule has 0 radical (unpaired) electrons. The summed E-state index contributed by atoms with van der Waals surface area (Å²) in [7, 11) is 1.00. The van der Waals surface area contributed by atoms with E-state index < -0.39 is 0 Å². The van der Waals surface area contributed by atoms with Crippen molar-refractivity contribution < 1.29 is 10.2 Å². The molecule has 1 atom stereocenters. The molecule has 0 aliphatic carbocycles. The minimum atomic E-state index is -0.102. The average molecular weight is 120 g/mol. The van der Waals surface area contributed by atoms with Crippen LogP contribution in [0.25, 0.3) is 0 Å². The van der Waals surface area contributed by atoms with Gasteiger partial charge in [0.15, 0.2) is 0 Å². The van der Waals surface area contributed by atoms with Gasteiger partial charge in [-0.15, -0.1) is 0 Å². The van der Waals surface area contributed by atoms with Crippen LogP contribution in [0.1, 0.15) is 26.7 Å². The molecule has 0 spiro atoms. The van der Waals surface area contributed by atoms with Crippen molar-refractivity contribution in [2.75, 3.05) is 7.11 Å². The Labute approximate surface area is 51.2 Å². The molecule has 0 saturated carbocycles. The number of aliphatic hydroxyl groups excluding tert-OH is 2. The maximum absolute atomic E-state index is 8.55. The summed E-state index contributed by atoms with van der Waals surface area (Å²) in [5.41, 5.74) is 0. The average Bonchev–Trinajstić information content (AvgIpc) is 1.72. The highest BCUT2D eigenvalue weighted by molar-refractivity contribution is 4.40. The summed E-state index contributed by atoms with van der Waals surface area (Å²) in [5.74, 6) is 0. The van der Waals surface area contributed by atoms with E-state index in [9.17, 15) is 0 Å². The van der Waals surface area contributed by atoms with Crippen LogP contribution in [0.5, 0.6) is 0 Å². The van der Waals surface area contributed by atoms with Crippen LogP contribution in [0.2, 0.25) is 0 Å². The lowest BCUT2D eigenvalue weighted by molar-refractivity contribution is 0.183. The summed E-state index contributed by atoms with van der Waals surface area (Å²) in [4.78, 5) is 0. The Morgan fingerprint density at radius 2 is 1.75 bits per heavy atom. The van der Waals surface area contributed by atoms with Gasteiger partial charge in [0.2, 0.25) is 0 Å². The van der Waals surface area contributed by atoms with Crippen LogP contribution in [0.4, 0.5) is 0 Å². The van der Waals surface area contributed by atoms with Gasteiger partial charge in [0, 0.05) is 7.11 Å². The third-order valence-corrected chi connectivity index (χ3v) is 0.706. The SMILES string of the molecule is CCCC(C)O.CO. The summed E-state index contributed by atoms with van der Waals surface area (Å²) in [5, 5.41) is 15.6. The summed E-state index contributed by atoms with van der Waals surface area (Å²) < 4.78 is 0. The topological polar surface area (TPSA) is 40.5 Å². The van der Waals surface area contributed by atoms with E-state index in [1.165, 1.54) is 0 Å². The highest BCUT2D eigenvalue weighted by atomic mass is 16.3. The van der Waals surface area contributed by atoms with Crippen molar-refractivity contribution in [1.29, 1.82) is 0 Å². The summed E-state index contributed by atoms with van der Waals surface area (Å²) in [6.45, 7) is 3.87. The third-order valence-electron chi connectivity index (χ3n) is 0.706. The fourth-order valence-corrected chi connectivity index (χ4v) is 0.418. The first-order valence-corrected chi connectivity index (χ1v) is 2.90. The second-order valence-corrected chi connectivity index (χ2v) is 1.64. The van der Waals surface area contributed by atoms with E-state index in [0.29, 0.717) is 0 Å². The zero-order valence-electron chi connectivity index (χ0n) is 5.89. The maximum Gasteiger partial charge on any atom is 0.0512 e. The molecule has 0 aliphatic heterocycles. The Kier molecular flexibility index (Phi) is 13.6. The van der Waals surface area contributed by atoms with Crippen LogP contribution >= 0.6 is 0 Å². The summed E-state index contributed by atoms with van der Waals surface area (Å²) in [6.07, 6.45) is 1.91. The molecule has 0 aliphatic rings. The van der Waals surface area contributed by atoms with Crippen LogP contribution in [-0.4, -0.2) is 23.4 Å². The highest BCUT2D eigenvalue weighted by Crippen LogP contribution is 1.91. The van der Waals surface area contributed by atoms with Crippen LogP contribution in [-0.2, 0) is 0 Å². The van der Waals surface area contributed by atoms with Gasteiger partial charge in [-0.2, -0.15) is 0 Å². The fraction of sp³-hybridized carbons (Fsp3) is 1.00. The predicted molar refractivity (Wildman–Crippen MR) is 34.7 cm³/mol. The lowest BCUT2D eigenvalue weighted by atomic mass is 10.2. The van der Waals surface area contributed by atoms with Crippen molar-refractivity contribution in [3.05, 3.63) is 0 Å². The van der Waals surface area contributed by atoms with Crippen molar-refractivity contribution in [3.8, 4) is 0 Å².